The van der Waals surface area contributed by atoms with Crippen LogP contribution in [0.15, 0.2) is 9.47 Å². The Hall–Kier alpha value is 0.0600. The van der Waals surface area contributed by atoms with Gasteiger partial charge in [0.25, 0.3) is 0 Å². The Morgan fingerprint density at radius 3 is 2.87 bits per heavy atom. The molecule has 1 saturated heterocycles. The van der Waals surface area contributed by atoms with Crippen molar-refractivity contribution >= 4 is 31.9 Å². The number of ether oxygens (including phenoxy) is 1. The zero-order valence-electron chi connectivity index (χ0n) is 8.33. The van der Waals surface area contributed by atoms with Crippen LogP contribution in [0, 0.1) is 0 Å². The molecule has 0 aromatic carbocycles. The quantitative estimate of drug-likeness (QED) is 0.850. The molecule has 1 aromatic heterocycles. The first-order valence-electron chi connectivity index (χ1n) is 5.13. The molecule has 0 bridgehead atoms. The van der Waals surface area contributed by atoms with Gasteiger partial charge in [0.05, 0.1) is 6.10 Å². The summed E-state index contributed by atoms with van der Waals surface area (Å²) in [4.78, 5) is 4.12. The Bertz CT molecular complexity index is 323. The van der Waals surface area contributed by atoms with Gasteiger partial charge in [-0.25, -0.2) is 4.68 Å². The van der Waals surface area contributed by atoms with Crippen molar-refractivity contribution in [3.63, 3.8) is 0 Å². The van der Waals surface area contributed by atoms with E-state index in [1.807, 2.05) is 4.68 Å². The van der Waals surface area contributed by atoms with Crippen LogP contribution < -0.4 is 0 Å². The van der Waals surface area contributed by atoms with Crippen molar-refractivity contribution < 1.29 is 4.74 Å². The van der Waals surface area contributed by atoms with E-state index < -0.39 is 0 Å². The molecule has 84 valence electrons. The maximum atomic E-state index is 5.66. The lowest BCUT2D eigenvalue weighted by molar-refractivity contribution is 0.00815. The predicted molar refractivity (Wildman–Crippen MR) is 63.6 cm³/mol. The van der Waals surface area contributed by atoms with Crippen LogP contribution in [-0.2, 0) is 11.3 Å². The van der Waals surface area contributed by atoms with Gasteiger partial charge in [-0.05, 0) is 57.5 Å². The number of hydrogen-bond acceptors (Lipinski definition) is 3. The highest BCUT2D eigenvalue weighted by molar-refractivity contribution is 9.11. The number of nitrogens with zero attached hydrogens (tertiary/aromatic N) is 3. The summed E-state index contributed by atoms with van der Waals surface area (Å²) in [5.74, 6) is 0. The molecule has 2 rings (SSSR count). The lowest BCUT2D eigenvalue weighted by atomic mass is 10.1. The monoisotopic (exact) mass is 337 g/mol. The van der Waals surface area contributed by atoms with Crippen molar-refractivity contribution in [2.24, 2.45) is 0 Å². The molecule has 0 amide bonds. The second kappa shape index (κ2) is 5.41. The van der Waals surface area contributed by atoms with Gasteiger partial charge in [0.1, 0.15) is 0 Å². The number of aromatic nitrogens is 3. The van der Waals surface area contributed by atoms with Crippen LogP contribution in [0.3, 0.4) is 0 Å². The summed E-state index contributed by atoms with van der Waals surface area (Å²) in [5, 5.41) is 4.21. The first-order chi connectivity index (χ1) is 7.25. The van der Waals surface area contributed by atoms with Gasteiger partial charge < -0.3 is 4.74 Å². The SMILES string of the molecule is Brc1nc(Br)n(CCC2CCCCO2)n1. The average molecular weight is 339 g/mol. The van der Waals surface area contributed by atoms with Gasteiger partial charge in [0, 0.05) is 13.2 Å². The number of rotatable bonds is 3. The molecule has 1 fully saturated rings. The van der Waals surface area contributed by atoms with Crippen LogP contribution in [-0.4, -0.2) is 27.5 Å². The number of halogens is 2. The molecule has 0 radical (unpaired) electrons. The molecule has 0 spiro atoms. The molecule has 1 unspecified atom stereocenters. The van der Waals surface area contributed by atoms with Crippen LogP contribution >= 0.6 is 31.9 Å². The van der Waals surface area contributed by atoms with Gasteiger partial charge in [-0.2, -0.15) is 4.98 Å². The highest BCUT2D eigenvalue weighted by Gasteiger charge is 2.14. The Morgan fingerprint density at radius 1 is 1.40 bits per heavy atom. The van der Waals surface area contributed by atoms with Gasteiger partial charge in [0.2, 0.25) is 4.73 Å². The largest absolute Gasteiger partial charge is 0.378 e. The van der Waals surface area contributed by atoms with E-state index in [0.29, 0.717) is 10.8 Å². The molecule has 0 aliphatic carbocycles. The summed E-state index contributed by atoms with van der Waals surface area (Å²) in [6.45, 7) is 1.76. The minimum Gasteiger partial charge on any atom is -0.378 e. The minimum atomic E-state index is 0.397. The van der Waals surface area contributed by atoms with Crippen molar-refractivity contribution in [1.29, 1.82) is 0 Å². The molecule has 15 heavy (non-hydrogen) atoms. The van der Waals surface area contributed by atoms with E-state index in [-0.39, 0.29) is 0 Å². The molecule has 1 aromatic rings. The third-order valence-electron chi connectivity index (χ3n) is 2.54. The summed E-state index contributed by atoms with van der Waals surface area (Å²) >= 11 is 6.61. The van der Waals surface area contributed by atoms with E-state index in [0.717, 1.165) is 24.3 Å². The topological polar surface area (TPSA) is 39.9 Å². The molecule has 1 aliphatic rings. The van der Waals surface area contributed by atoms with Crippen molar-refractivity contribution in [3.8, 4) is 0 Å². The summed E-state index contributed by atoms with van der Waals surface area (Å²) in [6.07, 6.45) is 5.07. The smallest absolute Gasteiger partial charge is 0.218 e. The minimum absolute atomic E-state index is 0.397. The van der Waals surface area contributed by atoms with E-state index >= 15 is 0 Å². The Labute approximate surface area is 106 Å². The summed E-state index contributed by atoms with van der Waals surface area (Å²) < 4.78 is 8.90. The fourth-order valence-electron chi connectivity index (χ4n) is 1.74. The third kappa shape index (κ3) is 3.26. The van der Waals surface area contributed by atoms with Crippen molar-refractivity contribution in [3.05, 3.63) is 9.47 Å². The maximum absolute atomic E-state index is 5.66. The lowest BCUT2D eigenvalue weighted by Gasteiger charge is -2.22. The van der Waals surface area contributed by atoms with E-state index in [1.165, 1.54) is 19.3 Å². The zero-order chi connectivity index (χ0) is 10.7. The second-order valence-electron chi connectivity index (χ2n) is 3.65. The fraction of sp³-hybridized carbons (Fsp3) is 0.778. The highest BCUT2D eigenvalue weighted by atomic mass is 79.9. The van der Waals surface area contributed by atoms with Gasteiger partial charge in [-0.1, -0.05) is 0 Å². The Kier molecular flexibility index (Phi) is 4.16. The zero-order valence-corrected chi connectivity index (χ0v) is 11.5. The molecule has 2 heterocycles. The molecule has 0 saturated carbocycles. The van der Waals surface area contributed by atoms with Crippen LogP contribution in [0.4, 0.5) is 0 Å². The third-order valence-corrected chi connectivity index (χ3v) is 3.46. The van der Waals surface area contributed by atoms with Gasteiger partial charge in [-0.3, -0.25) is 0 Å². The first kappa shape index (κ1) is 11.5. The molecule has 4 nitrogen and oxygen atoms in total. The number of hydrogen-bond donors (Lipinski definition) is 0. The highest BCUT2D eigenvalue weighted by Crippen LogP contribution is 2.18. The number of aryl methyl sites for hydroxylation is 1. The van der Waals surface area contributed by atoms with Gasteiger partial charge in [0.15, 0.2) is 4.73 Å². The van der Waals surface area contributed by atoms with Crippen LogP contribution in [0.25, 0.3) is 0 Å². The van der Waals surface area contributed by atoms with Gasteiger partial charge in [-0.15, -0.1) is 5.10 Å². The predicted octanol–water partition coefficient (Wildman–Crippen LogP) is 2.76. The lowest BCUT2D eigenvalue weighted by Crippen LogP contribution is -2.21. The standard InChI is InChI=1S/C9H13Br2N3O/c10-8-12-9(11)14(13-8)5-4-7-3-1-2-6-15-7/h7H,1-6H2. The summed E-state index contributed by atoms with van der Waals surface area (Å²) in [6, 6.07) is 0. The molecule has 1 aliphatic heterocycles. The van der Waals surface area contributed by atoms with Crippen molar-refractivity contribution in [2.45, 2.75) is 38.3 Å². The average Bonchev–Trinajstić information content (AvgIpc) is 2.56. The van der Waals surface area contributed by atoms with Crippen molar-refractivity contribution in [1.82, 2.24) is 14.8 Å². The van der Waals surface area contributed by atoms with Crippen LogP contribution in [0.5, 0.6) is 0 Å². The van der Waals surface area contributed by atoms with Crippen molar-refractivity contribution in [2.75, 3.05) is 6.61 Å². The van der Waals surface area contributed by atoms with Crippen LogP contribution in [0.2, 0.25) is 0 Å². The van der Waals surface area contributed by atoms with E-state index in [2.05, 4.69) is 41.9 Å². The molecular weight excluding hydrogens is 326 g/mol. The molecule has 1 atom stereocenters. The molecule has 6 heteroatoms. The van der Waals surface area contributed by atoms with Crippen LogP contribution in [0.1, 0.15) is 25.7 Å². The second-order valence-corrected chi connectivity index (χ2v) is 5.07. The van der Waals surface area contributed by atoms with Gasteiger partial charge >= 0.3 is 0 Å². The van der Waals surface area contributed by atoms with E-state index in [9.17, 15) is 0 Å². The maximum Gasteiger partial charge on any atom is 0.218 e. The van der Waals surface area contributed by atoms with E-state index in [1.54, 1.807) is 0 Å². The normalized spacial score (nSPS) is 21.9. The summed E-state index contributed by atoms with van der Waals surface area (Å²) in [5.41, 5.74) is 0. The van der Waals surface area contributed by atoms with E-state index in [4.69, 9.17) is 4.74 Å². The Balaban J connectivity index is 1.84. The Morgan fingerprint density at radius 2 is 2.27 bits per heavy atom. The molecular formula is C9H13Br2N3O. The summed E-state index contributed by atoms with van der Waals surface area (Å²) in [7, 11) is 0. The molecule has 0 N–H and O–H groups in total. The first-order valence-corrected chi connectivity index (χ1v) is 6.72. The fourth-order valence-corrected chi connectivity index (χ4v) is 2.76.